The maximum atomic E-state index is 4.60. The molecule has 0 aliphatic carbocycles. The number of aromatic nitrogens is 3. The van der Waals surface area contributed by atoms with Gasteiger partial charge in [0.05, 0.1) is 0 Å². The molecule has 0 fully saturated rings. The van der Waals surface area contributed by atoms with Crippen molar-refractivity contribution in [1.29, 1.82) is 0 Å². The van der Waals surface area contributed by atoms with Crippen molar-refractivity contribution in [1.82, 2.24) is 14.8 Å². The van der Waals surface area contributed by atoms with Crippen molar-refractivity contribution < 1.29 is 0 Å². The third kappa shape index (κ3) is 4.75. The number of rotatable bonds is 5. The number of benzene rings is 3. The van der Waals surface area contributed by atoms with Crippen LogP contribution < -0.4 is 0 Å². The Hall–Kier alpha value is -2.85. The van der Waals surface area contributed by atoms with E-state index in [1.807, 2.05) is 6.07 Å². The lowest BCUT2D eigenvalue weighted by molar-refractivity contribution is 0.590. The molecule has 4 aromatic rings. The van der Waals surface area contributed by atoms with E-state index in [1.54, 1.807) is 11.8 Å². The second-order valence-electron chi connectivity index (χ2n) is 9.02. The van der Waals surface area contributed by atoms with Crippen LogP contribution in [0.1, 0.15) is 43.0 Å². The van der Waals surface area contributed by atoms with Crippen molar-refractivity contribution >= 4 is 11.8 Å². The van der Waals surface area contributed by atoms with Gasteiger partial charge in [0.1, 0.15) is 0 Å². The van der Waals surface area contributed by atoms with Gasteiger partial charge >= 0.3 is 0 Å². The number of thioether (sulfide) groups is 1. The minimum absolute atomic E-state index is 0.123. The van der Waals surface area contributed by atoms with E-state index in [9.17, 15) is 0 Å². The van der Waals surface area contributed by atoms with E-state index in [2.05, 4.69) is 116 Å². The van der Waals surface area contributed by atoms with Crippen molar-refractivity contribution in [2.75, 3.05) is 0 Å². The van der Waals surface area contributed by atoms with E-state index in [0.29, 0.717) is 0 Å². The van der Waals surface area contributed by atoms with Crippen LogP contribution in [0, 0.1) is 13.8 Å². The molecule has 0 saturated carbocycles. The van der Waals surface area contributed by atoms with E-state index < -0.39 is 0 Å². The van der Waals surface area contributed by atoms with Gasteiger partial charge in [-0.3, -0.25) is 4.57 Å². The van der Waals surface area contributed by atoms with Gasteiger partial charge in [0.25, 0.3) is 0 Å². The van der Waals surface area contributed by atoms with Gasteiger partial charge in [-0.1, -0.05) is 98.8 Å². The van der Waals surface area contributed by atoms with Crippen LogP contribution in [0.2, 0.25) is 0 Å². The smallest absolute Gasteiger partial charge is 0.196 e. The Morgan fingerprint density at radius 2 is 1.55 bits per heavy atom. The fraction of sp³-hybridized carbons (Fsp3) is 0.259. The molecule has 3 nitrogen and oxygen atoms in total. The van der Waals surface area contributed by atoms with E-state index in [-0.39, 0.29) is 5.41 Å². The van der Waals surface area contributed by atoms with Gasteiger partial charge < -0.3 is 0 Å². The van der Waals surface area contributed by atoms with Crippen LogP contribution >= 0.6 is 11.8 Å². The third-order valence-corrected chi connectivity index (χ3v) is 6.50. The Morgan fingerprint density at radius 3 is 2.23 bits per heavy atom. The summed E-state index contributed by atoms with van der Waals surface area (Å²) in [5.74, 6) is 1.73. The maximum Gasteiger partial charge on any atom is 0.196 e. The molecule has 0 atom stereocenters. The number of hydrogen-bond donors (Lipinski definition) is 0. The van der Waals surface area contributed by atoms with Gasteiger partial charge in [-0.25, -0.2) is 0 Å². The van der Waals surface area contributed by atoms with Crippen molar-refractivity contribution in [2.45, 2.75) is 50.9 Å². The summed E-state index contributed by atoms with van der Waals surface area (Å²) in [6.45, 7) is 11.0. The zero-order valence-electron chi connectivity index (χ0n) is 18.9. The van der Waals surface area contributed by atoms with Crippen LogP contribution in [-0.4, -0.2) is 14.8 Å². The highest BCUT2D eigenvalue weighted by Crippen LogP contribution is 2.32. The molecule has 4 rings (SSSR count). The van der Waals surface area contributed by atoms with Crippen LogP contribution in [0.3, 0.4) is 0 Å². The van der Waals surface area contributed by atoms with Gasteiger partial charge in [0.2, 0.25) is 0 Å². The average molecular weight is 428 g/mol. The summed E-state index contributed by atoms with van der Waals surface area (Å²) in [6.07, 6.45) is 0. The molecular weight excluding hydrogens is 398 g/mol. The number of para-hydroxylation sites is 1. The Balaban J connectivity index is 1.72. The molecular formula is C27H29N3S. The molecule has 0 saturated heterocycles. The molecule has 0 N–H and O–H groups in total. The second-order valence-corrected chi connectivity index (χ2v) is 9.97. The zero-order valence-corrected chi connectivity index (χ0v) is 19.7. The number of aryl methyl sites for hydroxylation is 2. The summed E-state index contributed by atoms with van der Waals surface area (Å²) < 4.78 is 2.17. The maximum absolute atomic E-state index is 4.60. The third-order valence-electron chi connectivity index (χ3n) is 5.52. The fourth-order valence-corrected chi connectivity index (χ4v) is 4.59. The summed E-state index contributed by atoms with van der Waals surface area (Å²) in [5.41, 5.74) is 7.51. The Morgan fingerprint density at radius 1 is 0.839 bits per heavy atom. The van der Waals surface area contributed by atoms with E-state index in [4.69, 9.17) is 0 Å². The minimum atomic E-state index is 0.123. The second kappa shape index (κ2) is 8.72. The molecule has 0 bridgehead atoms. The van der Waals surface area contributed by atoms with Gasteiger partial charge in [0.15, 0.2) is 11.0 Å². The normalized spacial score (nSPS) is 11.6. The van der Waals surface area contributed by atoms with Crippen molar-refractivity contribution in [2.24, 2.45) is 0 Å². The zero-order chi connectivity index (χ0) is 22.0. The topological polar surface area (TPSA) is 30.7 Å². The van der Waals surface area contributed by atoms with Crippen LogP contribution in [0.5, 0.6) is 0 Å². The van der Waals surface area contributed by atoms with E-state index in [1.165, 1.54) is 22.3 Å². The minimum Gasteiger partial charge on any atom is -0.270 e. The van der Waals surface area contributed by atoms with Gasteiger partial charge in [0, 0.05) is 17.0 Å². The first kappa shape index (κ1) is 21.4. The SMILES string of the molecule is Cc1ccc(C)c(CSc2nnc(-c3ccc(C(C)(C)C)cc3)n2-c2ccccc2)c1. The summed E-state index contributed by atoms with van der Waals surface area (Å²) in [5, 5.41) is 10.1. The molecule has 158 valence electrons. The first-order valence-corrected chi connectivity index (χ1v) is 11.6. The molecule has 0 amide bonds. The van der Waals surface area contributed by atoms with E-state index >= 15 is 0 Å². The lowest BCUT2D eigenvalue weighted by Gasteiger charge is -2.19. The molecule has 0 spiro atoms. The molecule has 0 radical (unpaired) electrons. The predicted molar refractivity (Wildman–Crippen MR) is 131 cm³/mol. The first-order chi connectivity index (χ1) is 14.8. The monoisotopic (exact) mass is 427 g/mol. The fourth-order valence-electron chi connectivity index (χ4n) is 3.58. The molecule has 1 aromatic heterocycles. The standard InChI is InChI=1S/C27H29N3S/c1-19-11-12-20(2)22(17-19)18-31-26-29-28-25(30(26)24-9-7-6-8-10-24)21-13-15-23(16-14-21)27(3,4)5/h6-17H,18H2,1-5H3. The lowest BCUT2D eigenvalue weighted by atomic mass is 9.87. The quantitative estimate of drug-likeness (QED) is 0.317. The summed E-state index contributed by atoms with van der Waals surface area (Å²) in [7, 11) is 0. The molecule has 31 heavy (non-hydrogen) atoms. The van der Waals surface area contributed by atoms with Crippen molar-refractivity contribution in [3.05, 3.63) is 95.1 Å². The average Bonchev–Trinajstić information content (AvgIpc) is 3.18. The van der Waals surface area contributed by atoms with Crippen molar-refractivity contribution in [3.63, 3.8) is 0 Å². The van der Waals surface area contributed by atoms with Crippen LogP contribution in [-0.2, 0) is 11.2 Å². The molecule has 0 aliphatic heterocycles. The van der Waals surface area contributed by atoms with Gasteiger partial charge in [-0.05, 0) is 48.1 Å². The highest BCUT2D eigenvalue weighted by molar-refractivity contribution is 7.98. The van der Waals surface area contributed by atoms with Crippen LogP contribution in [0.4, 0.5) is 0 Å². The largest absolute Gasteiger partial charge is 0.270 e. The van der Waals surface area contributed by atoms with Crippen LogP contribution in [0.25, 0.3) is 17.1 Å². The Labute approximate surface area is 189 Å². The van der Waals surface area contributed by atoms with E-state index in [0.717, 1.165) is 28.0 Å². The highest BCUT2D eigenvalue weighted by atomic mass is 32.2. The Bertz CT molecular complexity index is 1170. The van der Waals surface area contributed by atoms with Crippen LogP contribution in [0.15, 0.2) is 78.0 Å². The molecule has 1 heterocycles. The highest BCUT2D eigenvalue weighted by Gasteiger charge is 2.18. The first-order valence-electron chi connectivity index (χ1n) is 10.6. The van der Waals surface area contributed by atoms with Crippen molar-refractivity contribution in [3.8, 4) is 17.1 Å². The summed E-state index contributed by atoms with van der Waals surface area (Å²) >= 11 is 1.73. The van der Waals surface area contributed by atoms with Gasteiger partial charge in [-0.2, -0.15) is 0 Å². The molecule has 3 aromatic carbocycles. The van der Waals surface area contributed by atoms with Gasteiger partial charge in [-0.15, -0.1) is 10.2 Å². The molecule has 4 heteroatoms. The lowest BCUT2D eigenvalue weighted by Crippen LogP contribution is -2.10. The summed E-state index contributed by atoms with van der Waals surface area (Å²) in [6, 6.07) is 25.7. The number of hydrogen-bond acceptors (Lipinski definition) is 3. The summed E-state index contributed by atoms with van der Waals surface area (Å²) in [4.78, 5) is 0. The predicted octanol–water partition coefficient (Wildman–Crippen LogP) is 7.14. The molecule has 0 aliphatic rings. The molecule has 0 unspecified atom stereocenters. The Kier molecular flexibility index (Phi) is 6.01. The number of nitrogens with zero attached hydrogens (tertiary/aromatic N) is 3.